The predicted octanol–water partition coefficient (Wildman–Crippen LogP) is 5.65. The molecule has 170 valence electrons. The molecule has 0 fully saturated rings. The van der Waals surface area contributed by atoms with Crippen LogP contribution in [0.5, 0.6) is 6.01 Å². The number of ether oxygens (including phenoxy) is 1. The third-order valence-corrected chi connectivity index (χ3v) is 3.67. The van der Waals surface area contributed by atoms with Crippen LogP contribution in [0.3, 0.4) is 0 Å². The van der Waals surface area contributed by atoms with Gasteiger partial charge in [-0.25, -0.2) is 9.97 Å². The number of aromatic nitrogens is 2. The Kier molecular flexibility index (Phi) is 17.2. The first-order valence-corrected chi connectivity index (χ1v) is 9.99. The van der Waals surface area contributed by atoms with Crippen molar-refractivity contribution >= 4 is 6.79 Å². The number of alkyl halides is 3. The van der Waals surface area contributed by atoms with Crippen molar-refractivity contribution in [3.8, 4) is 6.01 Å². The van der Waals surface area contributed by atoms with Crippen molar-refractivity contribution in [3.05, 3.63) is 53.9 Å². The standard InChI is InChI=1S/C17H20F3N3O.2C2H6.CH2O/c1-3-23(11-14-7-5-4-6-8-14)13(2)12-24-16-21-9-15(10-22-16)17(18,19)20;3*1-2/h4-10,13H,3,11-12H2,1-2H3;2*1-2H3;1H2. The monoisotopic (exact) mass is 429 g/mol. The van der Waals surface area contributed by atoms with Gasteiger partial charge in [0, 0.05) is 25.0 Å². The second kappa shape index (κ2) is 17.4. The fraction of sp³-hybridized carbons (Fsp3) is 0.500. The van der Waals surface area contributed by atoms with Gasteiger partial charge in [0.1, 0.15) is 13.4 Å². The van der Waals surface area contributed by atoms with Crippen molar-refractivity contribution in [2.24, 2.45) is 0 Å². The van der Waals surface area contributed by atoms with E-state index in [0.717, 1.165) is 25.5 Å². The Labute approximate surface area is 178 Å². The molecule has 1 unspecified atom stereocenters. The lowest BCUT2D eigenvalue weighted by Gasteiger charge is -2.27. The van der Waals surface area contributed by atoms with Crippen LogP contribution in [0, 0.1) is 0 Å². The van der Waals surface area contributed by atoms with Gasteiger partial charge >= 0.3 is 12.2 Å². The molecule has 0 saturated heterocycles. The summed E-state index contributed by atoms with van der Waals surface area (Å²) in [6.45, 7) is 15.9. The van der Waals surface area contributed by atoms with E-state index in [2.05, 4.69) is 27.0 Å². The van der Waals surface area contributed by atoms with Gasteiger partial charge in [0.25, 0.3) is 0 Å². The molecule has 0 radical (unpaired) electrons. The molecular formula is C22H34F3N3O2. The Morgan fingerprint density at radius 1 is 1.03 bits per heavy atom. The van der Waals surface area contributed by atoms with E-state index in [1.54, 1.807) is 0 Å². The van der Waals surface area contributed by atoms with E-state index in [9.17, 15) is 13.2 Å². The number of rotatable bonds is 7. The Morgan fingerprint density at radius 2 is 1.53 bits per heavy atom. The van der Waals surface area contributed by atoms with Crippen molar-refractivity contribution in [2.45, 2.75) is 60.3 Å². The highest BCUT2D eigenvalue weighted by molar-refractivity contribution is 5.14. The van der Waals surface area contributed by atoms with E-state index >= 15 is 0 Å². The van der Waals surface area contributed by atoms with Gasteiger partial charge in [-0.05, 0) is 19.0 Å². The molecule has 0 aliphatic carbocycles. The molecule has 2 aromatic rings. The smallest absolute Gasteiger partial charge is 0.419 e. The van der Waals surface area contributed by atoms with Gasteiger partial charge < -0.3 is 9.53 Å². The summed E-state index contributed by atoms with van der Waals surface area (Å²) in [6.07, 6.45) is -2.98. The fourth-order valence-corrected chi connectivity index (χ4v) is 2.23. The average Bonchev–Trinajstić information content (AvgIpc) is 2.80. The fourth-order valence-electron chi connectivity index (χ4n) is 2.23. The zero-order chi connectivity index (χ0) is 23.6. The maximum atomic E-state index is 12.5. The van der Waals surface area contributed by atoms with Crippen LogP contribution in [0.4, 0.5) is 13.2 Å². The minimum absolute atomic E-state index is 0.0504. The Bertz CT molecular complexity index is 638. The zero-order valence-corrected chi connectivity index (χ0v) is 18.7. The second-order valence-electron chi connectivity index (χ2n) is 5.46. The molecule has 0 aliphatic heterocycles. The largest absolute Gasteiger partial charge is 0.462 e. The molecule has 1 aromatic heterocycles. The number of carbonyl (C=O) groups is 1. The summed E-state index contributed by atoms with van der Waals surface area (Å²) in [7, 11) is 0. The molecule has 2 rings (SSSR count). The molecule has 0 N–H and O–H groups in total. The van der Waals surface area contributed by atoms with E-state index in [1.165, 1.54) is 5.56 Å². The first kappa shape index (κ1) is 29.7. The topological polar surface area (TPSA) is 55.3 Å². The number of hydrogen-bond donors (Lipinski definition) is 0. The summed E-state index contributed by atoms with van der Waals surface area (Å²) in [4.78, 5) is 17.4. The van der Waals surface area contributed by atoms with E-state index in [1.807, 2.05) is 66.5 Å². The van der Waals surface area contributed by atoms with Gasteiger partial charge in [0.05, 0.1) is 5.56 Å². The lowest BCUT2D eigenvalue weighted by Crippen LogP contribution is -2.36. The summed E-state index contributed by atoms with van der Waals surface area (Å²) >= 11 is 0. The molecule has 8 heteroatoms. The summed E-state index contributed by atoms with van der Waals surface area (Å²) < 4.78 is 42.8. The second-order valence-corrected chi connectivity index (χ2v) is 5.46. The summed E-state index contributed by atoms with van der Waals surface area (Å²) in [5.74, 6) is 0. The highest BCUT2D eigenvalue weighted by Crippen LogP contribution is 2.28. The van der Waals surface area contributed by atoms with E-state index in [0.29, 0.717) is 6.61 Å². The average molecular weight is 430 g/mol. The molecule has 0 saturated carbocycles. The number of halogens is 3. The first-order valence-electron chi connectivity index (χ1n) is 9.99. The van der Waals surface area contributed by atoms with Crippen LogP contribution in [0.25, 0.3) is 0 Å². The number of likely N-dealkylation sites (N-methyl/N-ethyl adjacent to an activating group) is 1. The molecule has 1 atom stereocenters. The van der Waals surface area contributed by atoms with Gasteiger partial charge in [-0.2, -0.15) is 13.2 Å². The Morgan fingerprint density at radius 3 is 1.97 bits per heavy atom. The molecule has 0 aliphatic rings. The highest BCUT2D eigenvalue weighted by atomic mass is 19.4. The third kappa shape index (κ3) is 11.5. The van der Waals surface area contributed by atoms with Gasteiger partial charge in [-0.3, -0.25) is 4.90 Å². The number of nitrogens with zero attached hydrogens (tertiary/aromatic N) is 3. The molecule has 0 spiro atoms. The van der Waals surface area contributed by atoms with Crippen molar-refractivity contribution < 1.29 is 22.7 Å². The van der Waals surface area contributed by atoms with Gasteiger partial charge in [0.2, 0.25) is 0 Å². The summed E-state index contributed by atoms with van der Waals surface area (Å²) in [6, 6.07) is 10.1. The van der Waals surface area contributed by atoms with Crippen LogP contribution in [0.2, 0.25) is 0 Å². The van der Waals surface area contributed by atoms with Gasteiger partial charge in [0.15, 0.2) is 0 Å². The minimum atomic E-state index is -4.44. The van der Waals surface area contributed by atoms with Crippen LogP contribution in [-0.4, -0.2) is 40.9 Å². The maximum Gasteiger partial charge on any atom is 0.419 e. The molecule has 5 nitrogen and oxygen atoms in total. The number of carbonyl (C=O) groups excluding carboxylic acids is 1. The molecule has 0 amide bonds. The van der Waals surface area contributed by atoms with Crippen LogP contribution >= 0.6 is 0 Å². The number of hydrogen-bond acceptors (Lipinski definition) is 5. The molecular weight excluding hydrogens is 395 g/mol. The van der Waals surface area contributed by atoms with Crippen molar-refractivity contribution in [1.29, 1.82) is 0 Å². The van der Waals surface area contributed by atoms with Crippen LogP contribution in [0.1, 0.15) is 52.7 Å². The molecule has 1 heterocycles. The third-order valence-electron chi connectivity index (χ3n) is 3.67. The summed E-state index contributed by atoms with van der Waals surface area (Å²) in [5, 5.41) is 0. The van der Waals surface area contributed by atoms with Crippen LogP contribution in [-0.2, 0) is 17.5 Å². The highest BCUT2D eigenvalue weighted by Gasteiger charge is 2.31. The van der Waals surface area contributed by atoms with Gasteiger partial charge in [-0.1, -0.05) is 65.0 Å². The van der Waals surface area contributed by atoms with Crippen molar-refractivity contribution in [2.75, 3.05) is 13.2 Å². The summed E-state index contributed by atoms with van der Waals surface area (Å²) in [5.41, 5.74) is 0.305. The van der Waals surface area contributed by atoms with Crippen molar-refractivity contribution in [3.63, 3.8) is 0 Å². The number of benzene rings is 1. The maximum absolute atomic E-state index is 12.5. The minimum Gasteiger partial charge on any atom is -0.462 e. The SMILES string of the molecule is C=O.CC.CC.CCN(Cc1ccccc1)C(C)COc1ncc(C(F)(F)F)cn1. The lowest BCUT2D eigenvalue weighted by atomic mass is 10.2. The van der Waals surface area contributed by atoms with E-state index < -0.39 is 11.7 Å². The van der Waals surface area contributed by atoms with Crippen LogP contribution in [0.15, 0.2) is 42.7 Å². The van der Waals surface area contributed by atoms with Crippen molar-refractivity contribution in [1.82, 2.24) is 14.9 Å². The van der Waals surface area contributed by atoms with Gasteiger partial charge in [-0.15, -0.1) is 0 Å². The molecule has 0 bridgehead atoms. The van der Waals surface area contributed by atoms with E-state index in [-0.39, 0.29) is 12.1 Å². The normalized spacial score (nSPS) is 11.0. The molecule has 1 aromatic carbocycles. The molecule has 30 heavy (non-hydrogen) atoms. The zero-order valence-electron chi connectivity index (χ0n) is 18.7. The quantitative estimate of drug-likeness (QED) is 0.569. The van der Waals surface area contributed by atoms with E-state index in [4.69, 9.17) is 9.53 Å². The Balaban J connectivity index is 0. The Hall–Kier alpha value is -2.48. The predicted molar refractivity (Wildman–Crippen MR) is 114 cm³/mol. The van der Waals surface area contributed by atoms with Crippen LogP contribution < -0.4 is 4.74 Å². The lowest BCUT2D eigenvalue weighted by molar-refractivity contribution is -0.138. The first-order chi connectivity index (χ1) is 14.4.